The first kappa shape index (κ1) is 10.7. The summed E-state index contributed by atoms with van der Waals surface area (Å²) < 4.78 is 1.23. The van der Waals surface area contributed by atoms with E-state index in [1.165, 1.54) is 10.1 Å². The molecule has 0 N–H and O–H groups in total. The zero-order valence-electron chi connectivity index (χ0n) is 7.17. The van der Waals surface area contributed by atoms with Crippen LogP contribution in [0.15, 0.2) is 17.6 Å². The van der Waals surface area contributed by atoms with E-state index in [1.807, 2.05) is 17.8 Å². The molecule has 0 spiro atoms. The third kappa shape index (κ3) is 3.77. The summed E-state index contributed by atoms with van der Waals surface area (Å²) in [6, 6.07) is 0. The van der Waals surface area contributed by atoms with Gasteiger partial charge >= 0.3 is 18.9 Å². The van der Waals surface area contributed by atoms with Crippen LogP contribution in [0.4, 0.5) is 0 Å². The van der Waals surface area contributed by atoms with E-state index in [0.717, 1.165) is 12.3 Å². The molecule has 0 aliphatic carbocycles. The molecule has 0 saturated carbocycles. The molecule has 1 nitrogen and oxygen atoms in total. The second kappa shape index (κ2) is 6.42. The number of rotatable bonds is 2. The molecule has 0 bridgehead atoms. The summed E-state index contributed by atoms with van der Waals surface area (Å²) in [5, 5.41) is 0. The number of nitrogens with zero attached hydrogens (tertiary/aromatic N) is 1. The Morgan fingerprint density at radius 2 is 2.70 bits per heavy atom. The summed E-state index contributed by atoms with van der Waals surface area (Å²) >= 11 is 3.63. The summed E-state index contributed by atoms with van der Waals surface area (Å²) in [4.78, 5) is 4.27. The first-order chi connectivity index (χ1) is 4.43. The Morgan fingerprint density at radius 3 is 3.20 bits per heavy atom. The van der Waals surface area contributed by atoms with Crippen molar-refractivity contribution in [1.82, 2.24) is 0 Å². The predicted octanol–water partition coefficient (Wildman–Crippen LogP) is -0.875. The zero-order chi connectivity index (χ0) is 6.53. The fourth-order valence-electron chi connectivity index (χ4n) is 0.533. The molecule has 52 valence electrons. The molecular weight excluding hydrogens is 157 g/mol. The number of thioether (sulfide) groups is 2. The molecule has 1 aliphatic rings. The summed E-state index contributed by atoms with van der Waals surface area (Å²) in [5.74, 6) is 2.16. The molecule has 0 atom stereocenters. The Balaban J connectivity index is 0. The van der Waals surface area contributed by atoms with Crippen molar-refractivity contribution in [2.75, 3.05) is 18.1 Å². The van der Waals surface area contributed by atoms with Crippen molar-refractivity contribution >= 4 is 27.9 Å². The predicted molar refractivity (Wildman–Crippen MR) is 48.5 cm³/mol. The van der Waals surface area contributed by atoms with E-state index in [2.05, 4.69) is 11.6 Å². The van der Waals surface area contributed by atoms with Crippen LogP contribution in [0.1, 0.15) is 1.43 Å². The van der Waals surface area contributed by atoms with Crippen LogP contribution < -0.4 is 18.9 Å². The fraction of sp³-hybridized carbons (Fsp3) is 0.500. The Labute approximate surface area is 83.8 Å². The van der Waals surface area contributed by atoms with E-state index < -0.39 is 0 Å². The van der Waals surface area contributed by atoms with E-state index in [-0.39, 0.29) is 20.3 Å². The van der Waals surface area contributed by atoms with Gasteiger partial charge in [0.25, 0.3) is 0 Å². The second-order valence-corrected chi connectivity index (χ2v) is 3.95. The van der Waals surface area contributed by atoms with Crippen molar-refractivity contribution in [3.05, 3.63) is 12.7 Å². The van der Waals surface area contributed by atoms with Crippen molar-refractivity contribution in [2.45, 2.75) is 0 Å². The van der Waals surface area contributed by atoms with Gasteiger partial charge in [0.2, 0.25) is 0 Å². The third-order valence-corrected chi connectivity index (χ3v) is 3.13. The van der Waals surface area contributed by atoms with Crippen molar-refractivity contribution < 1.29 is 20.3 Å². The van der Waals surface area contributed by atoms with Crippen molar-refractivity contribution in [2.24, 2.45) is 4.99 Å². The Hall–Kier alpha value is 0.707. The van der Waals surface area contributed by atoms with Crippen LogP contribution in [0, 0.1) is 0 Å². The summed E-state index contributed by atoms with van der Waals surface area (Å²) in [7, 11) is 0. The van der Waals surface area contributed by atoms with Gasteiger partial charge in [-0.2, -0.15) is 0 Å². The van der Waals surface area contributed by atoms with Gasteiger partial charge in [-0.1, -0.05) is 29.6 Å². The first-order valence-corrected chi connectivity index (χ1v) is 4.81. The van der Waals surface area contributed by atoms with Crippen LogP contribution in [0.2, 0.25) is 0 Å². The van der Waals surface area contributed by atoms with Crippen molar-refractivity contribution in [3.8, 4) is 0 Å². The quantitative estimate of drug-likeness (QED) is 0.391. The molecule has 0 aromatic rings. The van der Waals surface area contributed by atoms with Crippen LogP contribution in [0.5, 0.6) is 0 Å². The molecule has 10 heavy (non-hydrogen) atoms. The van der Waals surface area contributed by atoms with Crippen LogP contribution in [-0.2, 0) is 0 Å². The van der Waals surface area contributed by atoms with Crippen LogP contribution in [0.25, 0.3) is 0 Å². The molecule has 0 saturated heterocycles. The molecule has 0 aromatic heterocycles. The smallest absolute Gasteiger partial charge is 1.00 e. The Morgan fingerprint density at radius 1 is 1.90 bits per heavy atom. The summed E-state index contributed by atoms with van der Waals surface area (Å²) in [6.07, 6.45) is 1.91. The van der Waals surface area contributed by atoms with Crippen LogP contribution in [-0.4, -0.2) is 22.4 Å². The van der Waals surface area contributed by atoms with Gasteiger partial charge in [0.05, 0.1) is 6.54 Å². The van der Waals surface area contributed by atoms with Crippen LogP contribution in [0.3, 0.4) is 0 Å². The SMILES string of the molecule is C=CCSC1=NCCS1.[H-].[Li+]. The molecular formula is C6H10LiNS2. The Bertz CT molecular complexity index is 141. The van der Waals surface area contributed by atoms with Gasteiger partial charge in [0.15, 0.2) is 0 Å². The largest absolute Gasteiger partial charge is 1.00 e. The molecule has 1 heterocycles. The van der Waals surface area contributed by atoms with Crippen LogP contribution >= 0.6 is 23.5 Å². The number of hydrogen-bond donors (Lipinski definition) is 0. The second-order valence-electron chi connectivity index (χ2n) is 1.60. The molecule has 4 heteroatoms. The maximum atomic E-state index is 4.27. The van der Waals surface area contributed by atoms with E-state index >= 15 is 0 Å². The zero-order valence-corrected chi connectivity index (χ0v) is 7.80. The van der Waals surface area contributed by atoms with Crippen molar-refractivity contribution in [1.29, 1.82) is 0 Å². The maximum absolute atomic E-state index is 4.27. The van der Waals surface area contributed by atoms with E-state index in [4.69, 9.17) is 0 Å². The van der Waals surface area contributed by atoms with Gasteiger partial charge in [-0.3, -0.25) is 4.99 Å². The van der Waals surface area contributed by atoms with E-state index in [1.54, 1.807) is 11.8 Å². The van der Waals surface area contributed by atoms with Gasteiger partial charge in [-0.15, -0.1) is 6.58 Å². The number of hydrogen-bond acceptors (Lipinski definition) is 3. The molecule has 0 fully saturated rings. The van der Waals surface area contributed by atoms with Gasteiger partial charge in [0.1, 0.15) is 4.38 Å². The van der Waals surface area contributed by atoms with Gasteiger partial charge < -0.3 is 1.43 Å². The van der Waals surface area contributed by atoms with Gasteiger partial charge in [-0.05, 0) is 0 Å². The topological polar surface area (TPSA) is 12.4 Å². The number of aliphatic imine (C=N–C) groups is 1. The maximum Gasteiger partial charge on any atom is 1.00 e. The van der Waals surface area contributed by atoms with E-state index in [0.29, 0.717) is 0 Å². The van der Waals surface area contributed by atoms with Gasteiger partial charge in [-0.25, -0.2) is 0 Å². The first-order valence-electron chi connectivity index (χ1n) is 2.84. The van der Waals surface area contributed by atoms with Crippen molar-refractivity contribution in [3.63, 3.8) is 0 Å². The minimum Gasteiger partial charge on any atom is -1.00 e. The molecule has 1 rings (SSSR count). The monoisotopic (exact) mass is 167 g/mol. The molecule has 1 aliphatic heterocycles. The normalized spacial score (nSPS) is 15.8. The molecule has 0 unspecified atom stereocenters. The Kier molecular flexibility index (Phi) is 6.87. The molecule has 0 radical (unpaired) electrons. The third-order valence-electron chi connectivity index (χ3n) is 0.882. The summed E-state index contributed by atoms with van der Waals surface area (Å²) in [6.45, 7) is 4.64. The average molecular weight is 167 g/mol. The molecule has 0 amide bonds. The fourth-order valence-corrected chi connectivity index (χ4v) is 2.30. The average Bonchev–Trinajstić information content (AvgIpc) is 2.34. The van der Waals surface area contributed by atoms with Gasteiger partial charge in [0, 0.05) is 11.5 Å². The molecule has 0 aromatic carbocycles. The minimum atomic E-state index is 0. The summed E-state index contributed by atoms with van der Waals surface area (Å²) in [5.41, 5.74) is 0. The standard InChI is InChI=1S/C6H9NS2.Li.H/c1-2-4-8-6-7-3-5-9-6;;/h2H,1,3-5H2;;/q;+1;-1. The van der Waals surface area contributed by atoms with E-state index in [9.17, 15) is 0 Å². The minimum absolute atomic E-state index is 0.